The Kier molecular flexibility index (Phi) is 17.0. The third kappa shape index (κ3) is 15.4. The number of nitrogens with one attached hydrogen (secondary N) is 2. The van der Waals surface area contributed by atoms with Crippen molar-refractivity contribution in [3.63, 3.8) is 0 Å². The van der Waals surface area contributed by atoms with E-state index in [0.717, 1.165) is 38.5 Å². The number of hydrogen-bond donors (Lipinski definition) is 3. The predicted octanol–water partition coefficient (Wildman–Crippen LogP) is 7.67. The normalized spacial score (nSPS) is 11.6. The molecule has 2 amide bonds. The first-order chi connectivity index (χ1) is 19.5. The van der Waals surface area contributed by atoms with Crippen LogP contribution in [0.1, 0.15) is 103 Å². The summed E-state index contributed by atoms with van der Waals surface area (Å²) in [5, 5.41) is 15.3. The molecule has 0 aliphatic heterocycles. The Balaban J connectivity index is 1.69. The fourth-order valence-corrected chi connectivity index (χ4v) is 4.64. The first kappa shape index (κ1) is 33.0. The van der Waals surface area contributed by atoms with Gasteiger partial charge in [-0.3, -0.25) is 9.59 Å². The number of carbonyl (C=O) groups excluding carboxylic acids is 2. The molecule has 0 fully saturated rings. The zero-order valence-corrected chi connectivity index (χ0v) is 24.6. The number of hydrogen-bond acceptors (Lipinski definition) is 5. The van der Waals surface area contributed by atoms with E-state index in [1.54, 1.807) is 55.6 Å². The second-order valence-electron chi connectivity index (χ2n) is 10.5. The Morgan fingerprint density at radius 3 is 1.77 bits per heavy atom. The second kappa shape index (κ2) is 20.7. The Bertz CT molecular complexity index is 946. The molecular formula is C33H50N2O5. The van der Waals surface area contributed by atoms with Gasteiger partial charge in [-0.15, -0.1) is 0 Å². The molecule has 0 saturated carbocycles. The van der Waals surface area contributed by atoms with E-state index in [4.69, 9.17) is 9.47 Å². The van der Waals surface area contributed by atoms with E-state index in [1.165, 1.54) is 51.4 Å². The number of phenolic OH excluding ortho intramolecular Hbond substituents is 1. The van der Waals surface area contributed by atoms with Gasteiger partial charge in [-0.25, -0.2) is 0 Å². The van der Waals surface area contributed by atoms with Crippen LogP contribution in [-0.2, 0) is 9.59 Å². The van der Waals surface area contributed by atoms with Gasteiger partial charge >= 0.3 is 0 Å². The molecule has 1 atom stereocenters. The minimum Gasteiger partial charge on any atom is -0.508 e. The summed E-state index contributed by atoms with van der Waals surface area (Å²) >= 11 is 0. The quantitative estimate of drug-likeness (QED) is 0.130. The van der Waals surface area contributed by atoms with Crippen LogP contribution in [0.25, 0.3) is 0 Å². The number of aromatic hydroxyl groups is 1. The molecule has 2 aromatic carbocycles. The van der Waals surface area contributed by atoms with Gasteiger partial charge in [0.1, 0.15) is 23.0 Å². The van der Waals surface area contributed by atoms with E-state index in [0.29, 0.717) is 23.7 Å². The molecule has 0 aliphatic rings. The minimum absolute atomic E-state index is 0.0133. The van der Waals surface area contributed by atoms with Crippen molar-refractivity contribution >= 4 is 11.8 Å². The topological polar surface area (TPSA) is 96.9 Å². The monoisotopic (exact) mass is 554 g/mol. The number of rotatable bonds is 22. The molecule has 222 valence electrons. The van der Waals surface area contributed by atoms with Crippen molar-refractivity contribution in [3.05, 3.63) is 48.5 Å². The molecule has 7 heteroatoms. The molecule has 0 bridgehead atoms. The van der Waals surface area contributed by atoms with Crippen LogP contribution in [-0.4, -0.2) is 36.6 Å². The van der Waals surface area contributed by atoms with E-state index < -0.39 is 0 Å². The number of ether oxygens (including phenoxy) is 2. The SMILES string of the molecule is CCCCCCCC(CCCCCCCCCC(=O)NC)NC(=O)COc1ccc(Oc2ccc(O)cc2)cc1. The van der Waals surface area contributed by atoms with Crippen LogP contribution in [0.3, 0.4) is 0 Å². The number of carbonyl (C=O) groups is 2. The molecule has 0 aromatic heterocycles. The summed E-state index contributed by atoms with van der Waals surface area (Å²) in [7, 11) is 1.69. The first-order valence-electron chi connectivity index (χ1n) is 15.2. The van der Waals surface area contributed by atoms with Gasteiger partial charge in [0.25, 0.3) is 5.91 Å². The van der Waals surface area contributed by atoms with Gasteiger partial charge < -0.3 is 25.2 Å². The van der Waals surface area contributed by atoms with Gasteiger partial charge in [-0.2, -0.15) is 0 Å². The Morgan fingerprint density at radius 1 is 0.700 bits per heavy atom. The van der Waals surface area contributed by atoms with Crippen molar-refractivity contribution in [1.29, 1.82) is 0 Å². The number of unbranched alkanes of at least 4 members (excludes halogenated alkanes) is 10. The molecule has 7 nitrogen and oxygen atoms in total. The smallest absolute Gasteiger partial charge is 0.258 e. The number of phenols is 1. The maximum Gasteiger partial charge on any atom is 0.258 e. The average molecular weight is 555 g/mol. The fraction of sp³-hybridized carbons (Fsp3) is 0.576. The van der Waals surface area contributed by atoms with Gasteiger partial charge in [0.05, 0.1) is 0 Å². The lowest BCUT2D eigenvalue weighted by molar-refractivity contribution is -0.124. The summed E-state index contributed by atoms with van der Waals surface area (Å²) in [5.41, 5.74) is 0. The molecular weight excluding hydrogens is 504 g/mol. The van der Waals surface area contributed by atoms with E-state index in [2.05, 4.69) is 17.6 Å². The molecule has 0 spiro atoms. The largest absolute Gasteiger partial charge is 0.508 e. The summed E-state index contributed by atoms with van der Waals surface area (Å²) in [4.78, 5) is 24.0. The van der Waals surface area contributed by atoms with E-state index in [-0.39, 0.29) is 30.2 Å². The van der Waals surface area contributed by atoms with Gasteiger partial charge in [0.15, 0.2) is 6.61 Å². The molecule has 0 heterocycles. The number of amides is 2. The highest BCUT2D eigenvalue weighted by atomic mass is 16.5. The zero-order valence-electron chi connectivity index (χ0n) is 24.6. The molecule has 1 unspecified atom stereocenters. The van der Waals surface area contributed by atoms with Crippen LogP contribution in [0.5, 0.6) is 23.0 Å². The summed E-state index contributed by atoms with van der Waals surface area (Å²) in [6, 6.07) is 13.9. The highest BCUT2D eigenvalue weighted by molar-refractivity contribution is 5.77. The molecule has 0 saturated heterocycles. The Morgan fingerprint density at radius 2 is 1.20 bits per heavy atom. The molecule has 3 N–H and O–H groups in total. The lowest BCUT2D eigenvalue weighted by Gasteiger charge is -2.19. The lowest BCUT2D eigenvalue weighted by Crippen LogP contribution is -2.38. The third-order valence-corrected chi connectivity index (χ3v) is 7.02. The van der Waals surface area contributed by atoms with Gasteiger partial charge in [0, 0.05) is 19.5 Å². The highest BCUT2D eigenvalue weighted by Gasteiger charge is 2.13. The van der Waals surface area contributed by atoms with Crippen molar-refractivity contribution < 1.29 is 24.2 Å². The van der Waals surface area contributed by atoms with Crippen molar-refractivity contribution in [2.75, 3.05) is 13.7 Å². The minimum atomic E-state index is -0.0842. The van der Waals surface area contributed by atoms with Crippen LogP contribution in [0.2, 0.25) is 0 Å². The fourth-order valence-electron chi connectivity index (χ4n) is 4.64. The molecule has 0 aliphatic carbocycles. The standard InChI is InChI=1S/C33H50N2O5/c1-3-4-5-9-12-15-27(16-13-10-7-6-8-11-14-17-32(37)34-2)35-33(38)26-39-29-22-24-31(25-23-29)40-30-20-18-28(36)19-21-30/h18-25,27,36H,3-17,26H2,1-2H3,(H,34,37)(H,35,38). The zero-order chi connectivity index (χ0) is 28.8. The van der Waals surface area contributed by atoms with E-state index in [1.807, 2.05) is 0 Å². The lowest BCUT2D eigenvalue weighted by atomic mass is 10.00. The van der Waals surface area contributed by atoms with Crippen LogP contribution >= 0.6 is 0 Å². The maximum atomic E-state index is 12.7. The Hall–Kier alpha value is -3.22. The van der Waals surface area contributed by atoms with Gasteiger partial charge in [-0.05, 0) is 67.8 Å². The highest BCUT2D eigenvalue weighted by Crippen LogP contribution is 2.25. The van der Waals surface area contributed by atoms with Crippen molar-refractivity contribution in [1.82, 2.24) is 10.6 Å². The summed E-state index contributed by atoms with van der Waals surface area (Å²) in [6.45, 7) is 2.21. The van der Waals surface area contributed by atoms with E-state index >= 15 is 0 Å². The average Bonchev–Trinajstić information content (AvgIpc) is 2.96. The van der Waals surface area contributed by atoms with Crippen LogP contribution < -0.4 is 20.1 Å². The van der Waals surface area contributed by atoms with Crippen molar-refractivity contribution in [2.24, 2.45) is 0 Å². The predicted molar refractivity (Wildman–Crippen MR) is 161 cm³/mol. The molecule has 2 rings (SSSR count). The molecule has 40 heavy (non-hydrogen) atoms. The third-order valence-electron chi connectivity index (χ3n) is 7.02. The van der Waals surface area contributed by atoms with Crippen LogP contribution in [0, 0.1) is 0 Å². The van der Waals surface area contributed by atoms with Crippen molar-refractivity contribution in [3.8, 4) is 23.0 Å². The van der Waals surface area contributed by atoms with Crippen molar-refractivity contribution in [2.45, 2.75) is 109 Å². The van der Waals surface area contributed by atoms with Gasteiger partial charge in [0.2, 0.25) is 5.91 Å². The van der Waals surface area contributed by atoms with Gasteiger partial charge in [-0.1, -0.05) is 77.6 Å². The summed E-state index contributed by atoms with van der Waals surface area (Å²) in [6.07, 6.45) is 16.7. The maximum absolute atomic E-state index is 12.7. The molecule has 0 radical (unpaired) electrons. The summed E-state index contributed by atoms with van der Waals surface area (Å²) < 4.78 is 11.5. The van der Waals surface area contributed by atoms with Crippen LogP contribution in [0.15, 0.2) is 48.5 Å². The summed E-state index contributed by atoms with van der Waals surface area (Å²) in [5.74, 6) is 2.12. The van der Waals surface area contributed by atoms with E-state index in [9.17, 15) is 14.7 Å². The second-order valence-corrected chi connectivity index (χ2v) is 10.5. The molecule has 2 aromatic rings. The number of benzene rings is 2. The first-order valence-corrected chi connectivity index (χ1v) is 15.2. The Labute approximate surface area is 241 Å². The van der Waals surface area contributed by atoms with Crippen LogP contribution in [0.4, 0.5) is 0 Å².